The number of aryl methyl sites for hydroxylation is 1. The van der Waals surface area contributed by atoms with Crippen molar-refractivity contribution in [1.82, 2.24) is 0 Å². The first-order valence-corrected chi connectivity index (χ1v) is 6.90. The lowest BCUT2D eigenvalue weighted by Crippen LogP contribution is -2.15. The highest BCUT2D eigenvalue weighted by atomic mass is 16.3. The van der Waals surface area contributed by atoms with Crippen LogP contribution in [0.3, 0.4) is 0 Å². The molecule has 0 aliphatic heterocycles. The molecular formula is C18H17NO3. The van der Waals surface area contributed by atoms with Gasteiger partial charge < -0.3 is 10.4 Å². The highest BCUT2D eigenvalue weighted by Gasteiger charge is 2.09. The molecule has 2 rings (SSSR count). The summed E-state index contributed by atoms with van der Waals surface area (Å²) in [6.45, 7) is 1.95. The Labute approximate surface area is 129 Å². The first-order chi connectivity index (χ1) is 10.5. The van der Waals surface area contributed by atoms with Gasteiger partial charge in [0, 0.05) is 17.3 Å². The van der Waals surface area contributed by atoms with E-state index < -0.39 is 11.7 Å². The second-order valence-corrected chi connectivity index (χ2v) is 4.95. The van der Waals surface area contributed by atoms with Gasteiger partial charge in [-0.15, -0.1) is 0 Å². The number of carbonyl (C=O) groups is 2. The molecule has 0 aromatic heterocycles. The van der Waals surface area contributed by atoms with Crippen LogP contribution in [0.4, 0.5) is 5.69 Å². The van der Waals surface area contributed by atoms with Crippen LogP contribution < -0.4 is 5.32 Å². The van der Waals surface area contributed by atoms with Gasteiger partial charge in [-0.05, 0) is 19.1 Å². The molecule has 0 aliphatic rings. The summed E-state index contributed by atoms with van der Waals surface area (Å²) < 4.78 is 0. The maximum absolute atomic E-state index is 11.8. The van der Waals surface area contributed by atoms with Crippen LogP contribution in [0.5, 0.6) is 0 Å². The molecule has 2 N–H and O–H groups in total. The van der Waals surface area contributed by atoms with Crippen LogP contribution in [0, 0.1) is 6.92 Å². The topological polar surface area (TPSA) is 66.4 Å². The van der Waals surface area contributed by atoms with Gasteiger partial charge in [0.15, 0.2) is 5.78 Å². The second kappa shape index (κ2) is 7.22. The van der Waals surface area contributed by atoms with Crippen LogP contribution in [-0.2, 0) is 9.59 Å². The number of amides is 1. The number of nitrogens with one attached hydrogen (secondary N) is 1. The van der Waals surface area contributed by atoms with E-state index in [-0.39, 0.29) is 12.2 Å². The van der Waals surface area contributed by atoms with E-state index >= 15 is 0 Å². The number of hydrogen-bond donors (Lipinski definition) is 2. The zero-order valence-electron chi connectivity index (χ0n) is 12.2. The molecule has 112 valence electrons. The first kappa shape index (κ1) is 15.5. The number of aliphatic hydroxyl groups is 1. The van der Waals surface area contributed by atoms with Crippen LogP contribution in [-0.4, -0.2) is 16.8 Å². The van der Waals surface area contributed by atoms with E-state index in [9.17, 15) is 14.7 Å². The molecule has 0 unspecified atom stereocenters. The van der Waals surface area contributed by atoms with Crippen molar-refractivity contribution in [3.05, 3.63) is 71.8 Å². The van der Waals surface area contributed by atoms with Crippen LogP contribution in [0.15, 0.2) is 60.7 Å². The minimum absolute atomic E-state index is 0.145. The number of allylic oxidation sites excluding steroid dienone is 1. The van der Waals surface area contributed by atoms with Crippen molar-refractivity contribution < 1.29 is 14.7 Å². The number of anilines is 1. The number of rotatable bonds is 5. The molecule has 2 aromatic rings. The van der Waals surface area contributed by atoms with Gasteiger partial charge in [0.25, 0.3) is 0 Å². The lowest BCUT2D eigenvalue weighted by Gasteiger charge is -2.04. The highest BCUT2D eigenvalue weighted by Crippen LogP contribution is 2.12. The number of aliphatic hydroxyl groups excluding tert-OH is 1. The van der Waals surface area contributed by atoms with Gasteiger partial charge >= 0.3 is 0 Å². The Bertz CT molecular complexity index is 688. The number of benzene rings is 2. The molecule has 0 atom stereocenters. The van der Waals surface area contributed by atoms with Gasteiger partial charge in [-0.2, -0.15) is 0 Å². The van der Waals surface area contributed by atoms with Crippen LogP contribution in [0.25, 0.3) is 5.76 Å². The standard InChI is InChI=1S/C18H17NO3/c1-13-7-9-15(10-8-13)19-18(22)12-16(20)11-17(21)14-5-3-2-4-6-14/h2-11,21H,12H2,1H3,(H,19,22)/b17-11-. The monoisotopic (exact) mass is 295 g/mol. The molecule has 1 amide bonds. The Balaban J connectivity index is 1.94. The summed E-state index contributed by atoms with van der Waals surface area (Å²) in [5.41, 5.74) is 2.26. The van der Waals surface area contributed by atoms with Gasteiger partial charge in [-0.25, -0.2) is 0 Å². The van der Waals surface area contributed by atoms with E-state index in [2.05, 4.69) is 5.32 Å². The summed E-state index contributed by atoms with van der Waals surface area (Å²) in [4.78, 5) is 23.6. The van der Waals surface area contributed by atoms with E-state index in [1.165, 1.54) is 0 Å². The quantitative estimate of drug-likeness (QED) is 0.504. The third-order valence-corrected chi connectivity index (χ3v) is 3.04. The van der Waals surface area contributed by atoms with Gasteiger partial charge in [0.05, 0.1) is 6.42 Å². The van der Waals surface area contributed by atoms with Crippen molar-refractivity contribution in [2.75, 3.05) is 5.32 Å². The fourth-order valence-electron chi connectivity index (χ4n) is 1.90. The lowest BCUT2D eigenvalue weighted by atomic mass is 10.1. The SMILES string of the molecule is Cc1ccc(NC(=O)CC(=O)/C=C(\O)c2ccccc2)cc1. The minimum atomic E-state index is -0.453. The number of hydrogen-bond acceptors (Lipinski definition) is 3. The molecule has 0 fully saturated rings. The molecule has 22 heavy (non-hydrogen) atoms. The fourth-order valence-corrected chi connectivity index (χ4v) is 1.90. The fraction of sp³-hybridized carbons (Fsp3) is 0.111. The molecule has 2 aromatic carbocycles. The van der Waals surface area contributed by atoms with E-state index in [1.807, 2.05) is 25.1 Å². The zero-order chi connectivity index (χ0) is 15.9. The van der Waals surface area contributed by atoms with Crippen molar-refractivity contribution in [2.45, 2.75) is 13.3 Å². The molecule has 0 radical (unpaired) electrons. The summed E-state index contributed by atoms with van der Waals surface area (Å²) in [5.74, 6) is -1.01. The Morgan fingerprint density at radius 2 is 1.68 bits per heavy atom. The predicted octanol–water partition coefficient (Wildman–Crippen LogP) is 3.49. The van der Waals surface area contributed by atoms with Gasteiger partial charge in [0.1, 0.15) is 5.76 Å². The molecule has 0 aliphatic carbocycles. The Morgan fingerprint density at radius 1 is 1.05 bits per heavy atom. The number of carbonyl (C=O) groups excluding carboxylic acids is 2. The molecule has 4 nitrogen and oxygen atoms in total. The summed E-state index contributed by atoms with van der Waals surface area (Å²) in [6.07, 6.45) is 0.759. The maximum Gasteiger partial charge on any atom is 0.232 e. The average molecular weight is 295 g/mol. The summed E-state index contributed by atoms with van der Waals surface area (Å²) in [7, 11) is 0. The molecule has 0 bridgehead atoms. The largest absolute Gasteiger partial charge is 0.507 e. The smallest absolute Gasteiger partial charge is 0.232 e. The molecule has 0 heterocycles. The van der Waals surface area contributed by atoms with Gasteiger partial charge in [0.2, 0.25) is 5.91 Å². The zero-order valence-corrected chi connectivity index (χ0v) is 12.2. The number of ketones is 1. The average Bonchev–Trinajstić information content (AvgIpc) is 2.50. The van der Waals surface area contributed by atoms with Gasteiger partial charge in [-0.3, -0.25) is 9.59 Å². The minimum Gasteiger partial charge on any atom is -0.507 e. The lowest BCUT2D eigenvalue weighted by molar-refractivity contribution is -0.122. The second-order valence-electron chi connectivity index (χ2n) is 4.95. The van der Waals surface area contributed by atoms with E-state index in [0.29, 0.717) is 11.3 Å². The Hall–Kier alpha value is -2.88. The Kier molecular flexibility index (Phi) is 5.09. The Morgan fingerprint density at radius 3 is 2.32 bits per heavy atom. The summed E-state index contributed by atoms with van der Waals surface area (Å²) in [6, 6.07) is 16.0. The molecule has 0 spiro atoms. The van der Waals surface area contributed by atoms with E-state index in [1.54, 1.807) is 36.4 Å². The van der Waals surface area contributed by atoms with E-state index in [0.717, 1.165) is 11.6 Å². The molecule has 0 saturated heterocycles. The molecule has 0 saturated carbocycles. The van der Waals surface area contributed by atoms with Crippen molar-refractivity contribution >= 4 is 23.1 Å². The van der Waals surface area contributed by atoms with Crippen LogP contribution in [0.2, 0.25) is 0 Å². The highest BCUT2D eigenvalue weighted by molar-refractivity contribution is 6.10. The van der Waals surface area contributed by atoms with Crippen LogP contribution >= 0.6 is 0 Å². The third kappa shape index (κ3) is 4.59. The van der Waals surface area contributed by atoms with Crippen molar-refractivity contribution in [3.63, 3.8) is 0 Å². The molecule has 4 heteroatoms. The maximum atomic E-state index is 11.8. The third-order valence-electron chi connectivity index (χ3n) is 3.04. The first-order valence-electron chi connectivity index (χ1n) is 6.90. The van der Waals surface area contributed by atoms with Crippen molar-refractivity contribution in [3.8, 4) is 0 Å². The normalized spacial score (nSPS) is 11.0. The van der Waals surface area contributed by atoms with E-state index in [4.69, 9.17) is 0 Å². The summed E-state index contributed by atoms with van der Waals surface area (Å²) in [5, 5.41) is 12.5. The summed E-state index contributed by atoms with van der Waals surface area (Å²) >= 11 is 0. The van der Waals surface area contributed by atoms with Crippen molar-refractivity contribution in [1.29, 1.82) is 0 Å². The van der Waals surface area contributed by atoms with Crippen molar-refractivity contribution in [2.24, 2.45) is 0 Å². The predicted molar refractivity (Wildman–Crippen MR) is 86.5 cm³/mol. The molecular weight excluding hydrogens is 278 g/mol. The van der Waals surface area contributed by atoms with Gasteiger partial charge in [-0.1, -0.05) is 48.0 Å². The van der Waals surface area contributed by atoms with Crippen LogP contribution in [0.1, 0.15) is 17.5 Å².